The summed E-state index contributed by atoms with van der Waals surface area (Å²) in [5.41, 5.74) is 0.980. The summed E-state index contributed by atoms with van der Waals surface area (Å²) < 4.78 is 2.29. The van der Waals surface area contributed by atoms with Crippen molar-refractivity contribution in [1.82, 2.24) is 14.5 Å². The van der Waals surface area contributed by atoms with Crippen molar-refractivity contribution in [3.05, 3.63) is 36.8 Å². The van der Waals surface area contributed by atoms with Crippen LogP contribution in [0.2, 0.25) is 0 Å². The van der Waals surface area contributed by atoms with Crippen LogP contribution in [0.4, 0.5) is 0 Å². The van der Waals surface area contributed by atoms with Crippen molar-refractivity contribution in [1.29, 1.82) is 0 Å². The fourth-order valence-electron chi connectivity index (χ4n) is 3.82. The van der Waals surface area contributed by atoms with E-state index in [1.807, 2.05) is 30.6 Å². The SMILES string of the molecule is c1ccc(-c2nccn2CC2C[C@H]3CC[C@H]3C2)nc1. The lowest BCUT2D eigenvalue weighted by Crippen LogP contribution is -2.18. The van der Waals surface area contributed by atoms with E-state index in [4.69, 9.17) is 0 Å². The quantitative estimate of drug-likeness (QED) is 0.839. The highest BCUT2D eigenvalue weighted by Crippen LogP contribution is 2.49. The Morgan fingerprint density at radius 1 is 1.05 bits per heavy atom. The third kappa shape index (κ3) is 1.97. The van der Waals surface area contributed by atoms with Crippen molar-refractivity contribution >= 4 is 0 Å². The zero-order valence-corrected chi connectivity index (χ0v) is 11.1. The zero-order valence-electron chi connectivity index (χ0n) is 11.1. The van der Waals surface area contributed by atoms with Gasteiger partial charge < -0.3 is 4.57 Å². The average molecular weight is 253 g/mol. The van der Waals surface area contributed by atoms with Crippen LogP contribution in [-0.4, -0.2) is 14.5 Å². The molecule has 2 aliphatic rings. The largest absolute Gasteiger partial charge is 0.329 e. The van der Waals surface area contributed by atoms with Gasteiger partial charge in [-0.05, 0) is 55.6 Å². The summed E-state index contributed by atoms with van der Waals surface area (Å²) in [5, 5.41) is 0. The lowest BCUT2D eigenvalue weighted by atomic mass is 9.77. The van der Waals surface area contributed by atoms with Crippen LogP contribution in [-0.2, 0) is 6.54 Å². The molecule has 0 spiro atoms. The first kappa shape index (κ1) is 11.2. The number of nitrogens with zero attached hydrogens (tertiary/aromatic N) is 3. The molecule has 4 rings (SSSR count). The molecule has 3 heteroatoms. The second-order valence-electron chi connectivity index (χ2n) is 6.05. The number of pyridine rings is 1. The summed E-state index contributed by atoms with van der Waals surface area (Å²) in [4.78, 5) is 8.90. The van der Waals surface area contributed by atoms with Crippen LogP contribution < -0.4 is 0 Å². The van der Waals surface area contributed by atoms with Crippen LogP contribution in [0.25, 0.3) is 11.5 Å². The molecule has 2 fully saturated rings. The molecule has 1 unspecified atom stereocenters. The molecule has 0 radical (unpaired) electrons. The van der Waals surface area contributed by atoms with Crippen molar-refractivity contribution in [3.8, 4) is 11.5 Å². The second-order valence-corrected chi connectivity index (χ2v) is 6.05. The fourth-order valence-corrected chi connectivity index (χ4v) is 3.82. The van der Waals surface area contributed by atoms with E-state index >= 15 is 0 Å². The first-order valence-electron chi connectivity index (χ1n) is 7.32. The van der Waals surface area contributed by atoms with E-state index in [0.717, 1.165) is 35.8 Å². The Balaban J connectivity index is 1.54. The summed E-state index contributed by atoms with van der Waals surface area (Å²) in [6, 6.07) is 6.01. The average Bonchev–Trinajstić information content (AvgIpc) is 2.99. The Labute approximate surface area is 113 Å². The minimum atomic E-state index is 0.842. The molecule has 19 heavy (non-hydrogen) atoms. The van der Waals surface area contributed by atoms with Gasteiger partial charge in [0.15, 0.2) is 5.82 Å². The van der Waals surface area contributed by atoms with Gasteiger partial charge in [0.25, 0.3) is 0 Å². The van der Waals surface area contributed by atoms with Crippen molar-refractivity contribution in [2.45, 2.75) is 32.2 Å². The minimum Gasteiger partial charge on any atom is -0.329 e. The summed E-state index contributed by atoms with van der Waals surface area (Å²) in [7, 11) is 0. The van der Waals surface area contributed by atoms with Gasteiger partial charge >= 0.3 is 0 Å². The summed E-state index contributed by atoms with van der Waals surface area (Å²) in [6.45, 7) is 1.11. The zero-order chi connectivity index (χ0) is 12.7. The van der Waals surface area contributed by atoms with E-state index in [-0.39, 0.29) is 0 Å². The van der Waals surface area contributed by atoms with Crippen molar-refractivity contribution in [2.75, 3.05) is 0 Å². The molecule has 2 aliphatic carbocycles. The van der Waals surface area contributed by atoms with Gasteiger partial charge in [0.05, 0.1) is 0 Å². The maximum Gasteiger partial charge on any atom is 0.158 e. The van der Waals surface area contributed by atoms with E-state index in [0.29, 0.717) is 0 Å². The number of imidazole rings is 1. The van der Waals surface area contributed by atoms with Crippen molar-refractivity contribution < 1.29 is 0 Å². The van der Waals surface area contributed by atoms with Gasteiger partial charge in [-0.15, -0.1) is 0 Å². The molecule has 2 heterocycles. The molecule has 0 aliphatic heterocycles. The normalized spacial score (nSPS) is 28.9. The standard InChI is InChI=1S/C16H19N3/c1-2-6-17-15(3-1)16-18-7-8-19(16)11-12-9-13-4-5-14(13)10-12/h1-3,6-8,12-14H,4-5,9-11H2/t12?,13-,14+. The Morgan fingerprint density at radius 2 is 1.89 bits per heavy atom. The first-order valence-corrected chi connectivity index (χ1v) is 7.32. The highest BCUT2D eigenvalue weighted by Gasteiger charge is 2.40. The molecule has 0 saturated heterocycles. The maximum absolute atomic E-state index is 4.48. The van der Waals surface area contributed by atoms with Gasteiger partial charge in [0.1, 0.15) is 5.69 Å². The van der Waals surface area contributed by atoms with E-state index < -0.39 is 0 Å². The Hall–Kier alpha value is -1.64. The van der Waals surface area contributed by atoms with Crippen LogP contribution in [0, 0.1) is 17.8 Å². The number of hydrogen-bond donors (Lipinski definition) is 0. The Morgan fingerprint density at radius 3 is 2.58 bits per heavy atom. The lowest BCUT2D eigenvalue weighted by Gasteiger charge is -2.29. The van der Waals surface area contributed by atoms with Gasteiger partial charge in [-0.3, -0.25) is 4.98 Å². The van der Waals surface area contributed by atoms with Crippen LogP contribution in [0.5, 0.6) is 0 Å². The van der Waals surface area contributed by atoms with Gasteiger partial charge in [-0.25, -0.2) is 4.98 Å². The number of fused-ring (bicyclic) bond motifs is 1. The van der Waals surface area contributed by atoms with Crippen LogP contribution in [0.1, 0.15) is 25.7 Å². The predicted molar refractivity (Wildman–Crippen MR) is 74.4 cm³/mol. The van der Waals surface area contributed by atoms with E-state index in [1.165, 1.54) is 25.7 Å². The minimum absolute atomic E-state index is 0.842. The molecule has 0 amide bonds. The third-order valence-electron chi connectivity index (χ3n) is 4.91. The van der Waals surface area contributed by atoms with E-state index in [2.05, 4.69) is 20.7 Å². The summed E-state index contributed by atoms with van der Waals surface area (Å²) >= 11 is 0. The molecule has 0 bridgehead atoms. The van der Waals surface area contributed by atoms with Crippen LogP contribution >= 0.6 is 0 Å². The van der Waals surface area contributed by atoms with Crippen LogP contribution in [0.3, 0.4) is 0 Å². The molecule has 98 valence electrons. The van der Waals surface area contributed by atoms with Crippen molar-refractivity contribution in [3.63, 3.8) is 0 Å². The molecule has 3 nitrogen and oxygen atoms in total. The van der Waals surface area contributed by atoms with Gasteiger partial charge in [0, 0.05) is 25.1 Å². The highest BCUT2D eigenvalue weighted by molar-refractivity contribution is 5.48. The molecule has 0 aromatic carbocycles. The Bertz CT molecular complexity index is 548. The van der Waals surface area contributed by atoms with Gasteiger partial charge in [0.2, 0.25) is 0 Å². The number of rotatable bonds is 3. The predicted octanol–water partition coefficient (Wildman–Crippen LogP) is 3.38. The first-order chi connectivity index (χ1) is 9.40. The smallest absolute Gasteiger partial charge is 0.158 e. The Kier molecular flexibility index (Phi) is 2.64. The highest BCUT2D eigenvalue weighted by atomic mass is 15.1. The topological polar surface area (TPSA) is 30.7 Å². The molecule has 2 saturated carbocycles. The summed E-state index contributed by atoms with van der Waals surface area (Å²) in [6.07, 6.45) is 11.6. The second kappa shape index (κ2) is 4.48. The molecule has 3 atom stereocenters. The van der Waals surface area contributed by atoms with Gasteiger partial charge in [-0.1, -0.05) is 6.07 Å². The van der Waals surface area contributed by atoms with Crippen molar-refractivity contribution in [2.24, 2.45) is 17.8 Å². The monoisotopic (exact) mass is 253 g/mol. The molecule has 2 aromatic heterocycles. The third-order valence-corrected chi connectivity index (χ3v) is 4.91. The number of aromatic nitrogens is 3. The fraction of sp³-hybridized carbons (Fsp3) is 0.500. The molecule has 0 N–H and O–H groups in total. The lowest BCUT2D eigenvalue weighted by molar-refractivity contribution is 0.219. The van der Waals surface area contributed by atoms with E-state index in [9.17, 15) is 0 Å². The molecular formula is C16H19N3. The summed E-state index contributed by atoms with van der Waals surface area (Å²) in [5.74, 6) is 3.92. The molecular weight excluding hydrogens is 234 g/mol. The van der Waals surface area contributed by atoms with E-state index in [1.54, 1.807) is 0 Å². The molecule has 2 aromatic rings. The maximum atomic E-state index is 4.48. The van der Waals surface area contributed by atoms with Gasteiger partial charge in [-0.2, -0.15) is 0 Å². The number of hydrogen-bond acceptors (Lipinski definition) is 2. The van der Waals surface area contributed by atoms with Crippen LogP contribution in [0.15, 0.2) is 36.8 Å².